The molecule has 0 bridgehead atoms. The fraction of sp³-hybridized carbons (Fsp3) is 0.458. The summed E-state index contributed by atoms with van der Waals surface area (Å²) < 4.78 is 18.0. The van der Waals surface area contributed by atoms with Gasteiger partial charge in [0.15, 0.2) is 5.78 Å². The van der Waals surface area contributed by atoms with Crippen molar-refractivity contribution in [3.63, 3.8) is 0 Å². The number of aromatic nitrogens is 1. The lowest BCUT2D eigenvalue weighted by molar-refractivity contribution is -0.218. The molecule has 166 valence electrons. The van der Waals surface area contributed by atoms with Gasteiger partial charge in [0.1, 0.15) is 29.7 Å². The summed E-state index contributed by atoms with van der Waals surface area (Å²) in [7, 11) is 0. The normalized spacial score (nSPS) is 27.3. The van der Waals surface area contributed by atoms with E-state index < -0.39 is 5.54 Å². The molecule has 2 spiro atoms. The first-order chi connectivity index (χ1) is 15.5. The Bertz CT molecular complexity index is 1110. The number of nitrogens with two attached hydrogens (primary N) is 1. The van der Waals surface area contributed by atoms with Gasteiger partial charge in [-0.15, -0.1) is 0 Å². The van der Waals surface area contributed by atoms with E-state index in [4.69, 9.17) is 36.5 Å². The fourth-order valence-electron chi connectivity index (χ4n) is 5.23. The Morgan fingerprint density at radius 2 is 2.03 bits per heavy atom. The number of amidine groups is 1. The van der Waals surface area contributed by atoms with Crippen molar-refractivity contribution in [2.75, 3.05) is 19.8 Å². The molecule has 4 aliphatic rings. The zero-order valence-electron chi connectivity index (χ0n) is 17.6. The van der Waals surface area contributed by atoms with Gasteiger partial charge < -0.3 is 19.9 Å². The molecule has 0 amide bonds. The number of ketones is 1. The van der Waals surface area contributed by atoms with Crippen LogP contribution in [0, 0.1) is 11.3 Å². The maximum Gasteiger partial charge on any atom is 0.283 e. The third-order valence-electron chi connectivity index (χ3n) is 7.27. The van der Waals surface area contributed by atoms with Crippen molar-refractivity contribution in [3.8, 4) is 5.75 Å². The van der Waals surface area contributed by atoms with Crippen molar-refractivity contribution < 1.29 is 19.0 Å². The van der Waals surface area contributed by atoms with Crippen LogP contribution in [0.15, 0.2) is 41.5 Å². The topological polar surface area (TPSA) is 96.0 Å². The van der Waals surface area contributed by atoms with Crippen molar-refractivity contribution in [2.45, 2.75) is 37.3 Å². The van der Waals surface area contributed by atoms with Crippen LogP contribution in [0.4, 0.5) is 0 Å². The molecule has 1 aromatic carbocycles. The highest BCUT2D eigenvalue weighted by molar-refractivity contribution is 6.30. The van der Waals surface area contributed by atoms with Crippen LogP contribution >= 0.6 is 11.6 Å². The molecular weight excluding hydrogens is 430 g/mol. The van der Waals surface area contributed by atoms with Crippen LogP contribution < -0.4 is 10.5 Å². The summed E-state index contributed by atoms with van der Waals surface area (Å²) in [6, 6.07) is 9.42. The smallest absolute Gasteiger partial charge is 0.283 e. The number of fused-ring (bicyclic) bond motifs is 3. The van der Waals surface area contributed by atoms with E-state index in [1.807, 2.05) is 18.2 Å². The molecule has 1 saturated carbocycles. The second-order valence-corrected chi connectivity index (χ2v) is 9.76. The molecule has 7 nitrogen and oxygen atoms in total. The molecule has 2 aromatic rings. The van der Waals surface area contributed by atoms with Crippen LogP contribution in [0.5, 0.6) is 5.75 Å². The molecule has 1 aromatic heterocycles. The molecule has 6 rings (SSSR count). The minimum atomic E-state index is -0.667. The fourth-order valence-corrected chi connectivity index (χ4v) is 5.34. The van der Waals surface area contributed by atoms with Crippen molar-refractivity contribution in [3.05, 3.63) is 58.4 Å². The zero-order chi connectivity index (χ0) is 21.9. The summed E-state index contributed by atoms with van der Waals surface area (Å²) in [5.74, 6) is 1.41. The van der Waals surface area contributed by atoms with Gasteiger partial charge in [-0.05, 0) is 42.2 Å². The molecule has 2 N–H and O–H groups in total. The molecule has 1 saturated heterocycles. The van der Waals surface area contributed by atoms with Crippen LogP contribution in [-0.4, -0.2) is 42.7 Å². The van der Waals surface area contributed by atoms with E-state index in [1.54, 1.807) is 12.1 Å². The van der Waals surface area contributed by atoms with Crippen molar-refractivity contribution >= 4 is 23.4 Å². The van der Waals surface area contributed by atoms with E-state index in [0.29, 0.717) is 36.5 Å². The van der Waals surface area contributed by atoms with E-state index in [9.17, 15) is 4.79 Å². The Kier molecular flexibility index (Phi) is 4.49. The second-order valence-electron chi connectivity index (χ2n) is 9.33. The number of rotatable bonds is 5. The molecule has 32 heavy (non-hydrogen) atoms. The van der Waals surface area contributed by atoms with Crippen molar-refractivity contribution in [1.82, 2.24) is 4.98 Å². The standard InChI is InChI=1S/C24H24ClN3O4/c25-16-4-5-18(27-10-16)19(29)8-15-3-6-20-17(7-15)24(13-31-22(26)28-24)23(11-30-12-23)21(32-20)9-14-1-2-14/h3-7,10,14,21H,1-2,8-9,11-13H2,(H2,26,28). The number of benzene rings is 1. The number of hydrogen-bond acceptors (Lipinski definition) is 7. The Labute approximate surface area is 190 Å². The van der Waals surface area contributed by atoms with Gasteiger partial charge in [0.25, 0.3) is 6.02 Å². The molecule has 3 aliphatic heterocycles. The van der Waals surface area contributed by atoms with E-state index >= 15 is 0 Å². The third kappa shape index (κ3) is 3.02. The van der Waals surface area contributed by atoms with Crippen LogP contribution in [-0.2, 0) is 21.4 Å². The third-order valence-corrected chi connectivity index (χ3v) is 7.49. The number of carbonyl (C=O) groups is 1. The lowest BCUT2D eigenvalue weighted by Crippen LogP contribution is -2.67. The first-order valence-electron chi connectivity index (χ1n) is 11.0. The SMILES string of the molecule is NC1=NC2(CO1)c1cc(CC(=O)c3ccc(Cl)cn3)ccc1OC(CC1CC1)C21COC1. The number of hydrogen-bond donors (Lipinski definition) is 1. The average molecular weight is 454 g/mol. The van der Waals surface area contributed by atoms with Gasteiger partial charge in [-0.3, -0.25) is 9.78 Å². The molecule has 8 heteroatoms. The van der Waals surface area contributed by atoms with E-state index in [0.717, 1.165) is 23.3 Å². The maximum absolute atomic E-state index is 12.8. The molecule has 2 fully saturated rings. The summed E-state index contributed by atoms with van der Waals surface area (Å²) in [5, 5.41) is 0.500. The second kappa shape index (κ2) is 7.18. The lowest BCUT2D eigenvalue weighted by Gasteiger charge is -2.57. The first-order valence-corrected chi connectivity index (χ1v) is 11.4. The number of Topliss-reactive ketones (excluding diaryl/α,β-unsaturated/α-hetero) is 1. The van der Waals surface area contributed by atoms with Crippen molar-refractivity contribution in [2.24, 2.45) is 22.1 Å². The zero-order valence-corrected chi connectivity index (χ0v) is 18.3. The molecule has 2 atom stereocenters. The average Bonchev–Trinajstić information content (AvgIpc) is 3.48. The summed E-state index contributed by atoms with van der Waals surface area (Å²) in [5.41, 5.74) is 7.23. The highest BCUT2D eigenvalue weighted by Gasteiger charge is 2.68. The quantitative estimate of drug-likeness (QED) is 0.698. The molecular formula is C24H24ClN3O4. The number of nitrogens with zero attached hydrogens (tertiary/aromatic N) is 2. The van der Waals surface area contributed by atoms with Gasteiger partial charge in [-0.25, -0.2) is 4.99 Å². The Morgan fingerprint density at radius 1 is 1.19 bits per heavy atom. The van der Waals surface area contributed by atoms with Gasteiger partial charge in [-0.1, -0.05) is 30.5 Å². The molecule has 2 unspecified atom stereocenters. The predicted octanol–water partition coefficient (Wildman–Crippen LogP) is 3.28. The van der Waals surface area contributed by atoms with Gasteiger partial charge in [0.2, 0.25) is 0 Å². The number of pyridine rings is 1. The first kappa shape index (κ1) is 20.0. The molecule has 1 aliphatic carbocycles. The number of carbonyl (C=O) groups excluding carboxylic acids is 1. The monoisotopic (exact) mass is 453 g/mol. The van der Waals surface area contributed by atoms with Crippen LogP contribution in [0.25, 0.3) is 0 Å². The maximum atomic E-state index is 12.8. The van der Waals surface area contributed by atoms with Crippen LogP contribution in [0.2, 0.25) is 5.02 Å². The van der Waals surface area contributed by atoms with E-state index in [2.05, 4.69) is 4.98 Å². The summed E-state index contributed by atoms with van der Waals surface area (Å²) in [4.78, 5) is 21.8. The lowest BCUT2D eigenvalue weighted by atomic mass is 9.59. The largest absolute Gasteiger partial charge is 0.489 e. The van der Waals surface area contributed by atoms with Gasteiger partial charge in [-0.2, -0.15) is 0 Å². The highest BCUT2D eigenvalue weighted by Crippen LogP contribution is 2.60. The summed E-state index contributed by atoms with van der Waals surface area (Å²) in [6.07, 6.45) is 5.19. The number of halogens is 1. The predicted molar refractivity (Wildman–Crippen MR) is 118 cm³/mol. The summed E-state index contributed by atoms with van der Waals surface area (Å²) in [6.45, 7) is 1.47. The molecule has 0 radical (unpaired) electrons. The van der Waals surface area contributed by atoms with Gasteiger partial charge in [0, 0.05) is 18.2 Å². The summed E-state index contributed by atoms with van der Waals surface area (Å²) >= 11 is 5.90. The Balaban J connectivity index is 1.38. The van der Waals surface area contributed by atoms with E-state index in [1.165, 1.54) is 19.0 Å². The van der Waals surface area contributed by atoms with E-state index in [-0.39, 0.29) is 29.7 Å². The minimum Gasteiger partial charge on any atom is -0.489 e. The van der Waals surface area contributed by atoms with Gasteiger partial charge >= 0.3 is 0 Å². The highest BCUT2D eigenvalue weighted by atomic mass is 35.5. The van der Waals surface area contributed by atoms with Crippen LogP contribution in [0.1, 0.15) is 40.9 Å². The van der Waals surface area contributed by atoms with Crippen molar-refractivity contribution in [1.29, 1.82) is 0 Å². The number of aliphatic imine (C=N–C) groups is 1. The number of ether oxygens (including phenoxy) is 3. The van der Waals surface area contributed by atoms with Crippen LogP contribution in [0.3, 0.4) is 0 Å². The Morgan fingerprint density at radius 3 is 2.66 bits per heavy atom. The molecule has 4 heterocycles. The van der Waals surface area contributed by atoms with Gasteiger partial charge in [0.05, 0.1) is 23.7 Å². The minimum absolute atomic E-state index is 0.000231. The Hall–Kier alpha value is -2.64.